The van der Waals surface area contributed by atoms with E-state index in [0.29, 0.717) is 10.6 Å². The molecular formula is C28H27Cl2N3O. The molecule has 0 radical (unpaired) electrons. The number of carbonyl (C=O) groups excluding carboxylic acids is 1. The van der Waals surface area contributed by atoms with E-state index >= 15 is 0 Å². The Morgan fingerprint density at radius 2 is 1.62 bits per heavy atom. The fraction of sp³-hybridized carbons (Fsp3) is 0.214. The van der Waals surface area contributed by atoms with Crippen molar-refractivity contribution in [1.29, 1.82) is 0 Å². The van der Waals surface area contributed by atoms with E-state index in [4.69, 9.17) is 16.6 Å². The quantitative estimate of drug-likeness (QED) is 0.352. The highest BCUT2D eigenvalue weighted by atomic mass is 35.5. The number of hydrogen-bond acceptors (Lipinski definition) is 3. The number of amides is 1. The van der Waals surface area contributed by atoms with Crippen LogP contribution in [0.15, 0.2) is 84.9 Å². The third-order valence-corrected chi connectivity index (χ3v) is 6.49. The average molecular weight is 492 g/mol. The van der Waals surface area contributed by atoms with Crippen molar-refractivity contribution in [3.63, 3.8) is 0 Å². The number of likely N-dealkylation sites (tertiary alicyclic amines) is 1. The van der Waals surface area contributed by atoms with Crippen LogP contribution in [-0.4, -0.2) is 34.9 Å². The Bertz CT molecular complexity index is 1260. The second-order valence-corrected chi connectivity index (χ2v) is 9.03. The van der Waals surface area contributed by atoms with E-state index < -0.39 is 0 Å². The maximum atomic E-state index is 13.4. The summed E-state index contributed by atoms with van der Waals surface area (Å²) in [5.74, 6) is -0.0524. The second-order valence-electron chi connectivity index (χ2n) is 8.59. The van der Waals surface area contributed by atoms with Gasteiger partial charge in [-0.25, -0.2) is 4.98 Å². The van der Waals surface area contributed by atoms with Crippen LogP contribution in [0.2, 0.25) is 5.02 Å². The van der Waals surface area contributed by atoms with E-state index in [0.717, 1.165) is 54.6 Å². The molecule has 4 nitrogen and oxygen atoms in total. The molecule has 1 N–H and O–H groups in total. The first-order valence-corrected chi connectivity index (χ1v) is 11.8. The first-order valence-electron chi connectivity index (χ1n) is 11.4. The molecule has 1 fully saturated rings. The van der Waals surface area contributed by atoms with Gasteiger partial charge in [0.2, 0.25) is 0 Å². The van der Waals surface area contributed by atoms with Crippen molar-refractivity contribution < 1.29 is 4.79 Å². The third-order valence-electron chi connectivity index (χ3n) is 6.26. The number of rotatable bonds is 5. The molecule has 1 aliphatic rings. The molecule has 0 spiro atoms. The fourth-order valence-corrected chi connectivity index (χ4v) is 4.65. The predicted octanol–water partition coefficient (Wildman–Crippen LogP) is 6.37. The standard InChI is InChI=1S/C28H26ClN3O.ClH/c29-22-11-12-24-25(18-26(31-27(24)17-22)21-9-5-2-6-10-21)28(33)30-23-13-15-32(16-14-23)19-20-7-3-1-4-8-20;/h1-12,17-18,23H,13-16,19H2,(H,30,33);1H. The van der Waals surface area contributed by atoms with Crippen LogP contribution in [0.25, 0.3) is 22.2 Å². The Kier molecular flexibility index (Phi) is 7.84. The summed E-state index contributed by atoms with van der Waals surface area (Å²) in [6.07, 6.45) is 1.89. The minimum Gasteiger partial charge on any atom is -0.349 e. The van der Waals surface area contributed by atoms with Crippen LogP contribution in [0.5, 0.6) is 0 Å². The number of fused-ring (bicyclic) bond motifs is 1. The zero-order chi connectivity index (χ0) is 22.6. The minimum absolute atomic E-state index is 0. The van der Waals surface area contributed by atoms with Gasteiger partial charge in [-0.15, -0.1) is 12.4 Å². The Labute approximate surface area is 211 Å². The predicted molar refractivity (Wildman–Crippen MR) is 142 cm³/mol. The van der Waals surface area contributed by atoms with Crippen molar-refractivity contribution in [3.8, 4) is 11.3 Å². The van der Waals surface area contributed by atoms with Crippen molar-refractivity contribution in [2.45, 2.75) is 25.4 Å². The number of carbonyl (C=O) groups is 1. The Morgan fingerprint density at radius 3 is 2.32 bits per heavy atom. The van der Waals surface area contributed by atoms with Gasteiger partial charge in [0.25, 0.3) is 5.91 Å². The van der Waals surface area contributed by atoms with E-state index in [1.54, 1.807) is 0 Å². The number of benzene rings is 3. The lowest BCUT2D eigenvalue weighted by Crippen LogP contribution is -2.44. The molecular weight excluding hydrogens is 465 g/mol. The van der Waals surface area contributed by atoms with Gasteiger partial charge in [-0.1, -0.05) is 78.3 Å². The van der Waals surface area contributed by atoms with Gasteiger partial charge in [-0.05, 0) is 36.6 Å². The molecule has 0 saturated carbocycles. The number of pyridine rings is 1. The molecule has 0 aliphatic carbocycles. The number of nitrogens with zero attached hydrogens (tertiary/aromatic N) is 2. The molecule has 0 atom stereocenters. The average Bonchev–Trinajstić information content (AvgIpc) is 2.85. The van der Waals surface area contributed by atoms with Gasteiger partial charge < -0.3 is 5.32 Å². The summed E-state index contributed by atoms with van der Waals surface area (Å²) in [5.41, 5.74) is 4.44. The van der Waals surface area contributed by atoms with Crippen molar-refractivity contribution in [1.82, 2.24) is 15.2 Å². The van der Waals surface area contributed by atoms with Crippen LogP contribution in [0.4, 0.5) is 0 Å². The molecule has 0 unspecified atom stereocenters. The summed E-state index contributed by atoms with van der Waals surface area (Å²) in [6.45, 7) is 2.90. The van der Waals surface area contributed by atoms with E-state index in [1.807, 2.05) is 60.7 Å². The second kappa shape index (κ2) is 11.0. The summed E-state index contributed by atoms with van der Waals surface area (Å²) in [5, 5.41) is 4.70. The lowest BCUT2D eigenvalue weighted by atomic mass is 10.0. The molecule has 0 bridgehead atoms. The van der Waals surface area contributed by atoms with Crippen LogP contribution < -0.4 is 5.32 Å². The molecule has 2 heterocycles. The van der Waals surface area contributed by atoms with Gasteiger partial charge in [0.05, 0.1) is 16.8 Å². The first kappa shape index (κ1) is 24.2. The fourth-order valence-electron chi connectivity index (χ4n) is 4.49. The lowest BCUT2D eigenvalue weighted by Gasteiger charge is -2.32. The molecule has 1 aliphatic heterocycles. The summed E-state index contributed by atoms with van der Waals surface area (Å²) in [4.78, 5) is 20.6. The molecule has 1 saturated heterocycles. The molecule has 174 valence electrons. The van der Waals surface area contributed by atoms with Crippen molar-refractivity contribution in [2.24, 2.45) is 0 Å². The number of aromatic nitrogens is 1. The molecule has 6 heteroatoms. The van der Waals surface area contributed by atoms with Gasteiger partial charge >= 0.3 is 0 Å². The minimum atomic E-state index is -0.0524. The maximum Gasteiger partial charge on any atom is 0.252 e. The molecule has 4 aromatic rings. The highest BCUT2D eigenvalue weighted by molar-refractivity contribution is 6.31. The zero-order valence-corrected chi connectivity index (χ0v) is 20.4. The van der Waals surface area contributed by atoms with Crippen LogP contribution in [-0.2, 0) is 6.54 Å². The van der Waals surface area contributed by atoms with Crippen LogP contribution in [0.1, 0.15) is 28.8 Å². The van der Waals surface area contributed by atoms with Gasteiger partial charge in [-0.2, -0.15) is 0 Å². The van der Waals surface area contributed by atoms with Crippen molar-refractivity contribution >= 4 is 40.8 Å². The van der Waals surface area contributed by atoms with Crippen LogP contribution in [0, 0.1) is 0 Å². The Balaban J connectivity index is 0.00000274. The maximum absolute atomic E-state index is 13.4. The van der Waals surface area contributed by atoms with Crippen molar-refractivity contribution in [2.75, 3.05) is 13.1 Å². The molecule has 3 aromatic carbocycles. The Morgan fingerprint density at radius 1 is 0.941 bits per heavy atom. The van der Waals surface area contributed by atoms with Gasteiger partial charge in [0.15, 0.2) is 0 Å². The largest absolute Gasteiger partial charge is 0.349 e. The summed E-state index contributed by atoms with van der Waals surface area (Å²) in [6, 6.07) is 28.0. The third kappa shape index (κ3) is 5.58. The SMILES string of the molecule is Cl.O=C(NC1CCN(Cc2ccccc2)CC1)c1cc(-c2ccccc2)nc2cc(Cl)ccc12. The lowest BCUT2D eigenvalue weighted by molar-refractivity contribution is 0.0910. The number of halogens is 2. The topological polar surface area (TPSA) is 45.2 Å². The van der Waals surface area contributed by atoms with E-state index in [9.17, 15) is 4.79 Å². The highest BCUT2D eigenvalue weighted by Crippen LogP contribution is 2.27. The summed E-state index contributed by atoms with van der Waals surface area (Å²) >= 11 is 6.23. The normalized spacial score (nSPS) is 14.5. The van der Waals surface area contributed by atoms with E-state index in [2.05, 4.69) is 34.5 Å². The molecule has 34 heavy (non-hydrogen) atoms. The molecule has 1 amide bonds. The van der Waals surface area contributed by atoms with Gasteiger partial charge in [-0.3, -0.25) is 9.69 Å². The number of piperidine rings is 1. The smallest absolute Gasteiger partial charge is 0.252 e. The zero-order valence-electron chi connectivity index (χ0n) is 18.8. The summed E-state index contributed by atoms with van der Waals surface area (Å²) < 4.78 is 0. The van der Waals surface area contributed by atoms with Crippen LogP contribution >= 0.6 is 24.0 Å². The van der Waals surface area contributed by atoms with Gasteiger partial charge in [0, 0.05) is 41.6 Å². The number of nitrogens with one attached hydrogen (secondary N) is 1. The molecule has 5 rings (SSSR count). The highest BCUT2D eigenvalue weighted by Gasteiger charge is 2.22. The van der Waals surface area contributed by atoms with E-state index in [1.165, 1.54) is 5.56 Å². The Hall–Kier alpha value is -2.92. The van der Waals surface area contributed by atoms with Crippen LogP contribution in [0.3, 0.4) is 0 Å². The first-order chi connectivity index (χ1) is 16.2. The molecule has 1 aromatic heterocycles. The van der Waals surface area contributed by atoms with E-state index in [-0.39, 0.29) is 24.4 Å². The van der Waals surface area contributed by atoms with Crippen molar-refractivity contribution in [3.05, 3.63) is 101 Å². The van der Waals surface area contributed by atoms with Gasteiger partial charge in [0.1, 0.15) is 0 Å². The number of hydrogen-bond donors (Lipinski definition) is 1. The summed E-state index contributed by atoms with van der Waals surface area (Å²) in [7, 11) is 0. The monoisotopic (exact) mass is 491 g/mol.